The van der Waals surface area contributed by atoms with Gasteiger partial charge in [-0.05, 0) is 55.2 Å². The van der Waals surface area contributed by atoms with Crippen molar-refractivity contribution in [2.45, 2.75) is 33.6 Å². The topological polar surface area (TPSA) is 51.1 Å². The molecule has 0 aliphatic heterocycles. The number of carbonyl (C=O) groups is 1. The van der Waals surface area contributed by atoms with Crippen molar-refractivity contribution in [2.75, 3.05) is 5.32 Å². The Bertz CT molecular complexity index is 1450. The zero-order chi connectivity index (χ0) is 25.1. The van der Waals surface area contributed by atoms with E-state index in [0.29, 0.717) is 27.0 Å². The highest BCUT2D eigenvalue weighted by molar-refractivity contribution is 6.33. The average molecular weight is 505 g/mol. The van der Waals surface area contributed by atoms with E-state index in [2.05, 4.69) is 5.32 Å². The second kappa shape index (κ2) is 10.5. The molecular formula is C29H26Cl2N2O2. The van der Waals surface area contributed by atoms with Crippen LogP contribution in [0.2, 0.25) is 10.0 Å². The van der Waals surface area contributed by atoms with Crippen LogP contribution in [0.5, 0.6) is 0 Å². The lowest BCUT2D eigenvalue weighted by Gasteiger charge is -2.22. The number of pyridine rings is 1. The summed E-state index contributed by atoms with van der Waals surface area (Å²) in [6.07, 6.45) is 1.50. The molecule has 0 saturated heterocycles. The third kappa shape index (κ3) is 4.90. The standard InChI is InChI=1S/C29H26Cl2N2O2/c1-4-19-10-8-11-20(5-2)27(19)32-29(35)26-25(34)16-18(3)33(22-13-9-12-21(30)17-22)28(26)23-14-6-7-15-24(23)31/h6-17H,4-5H2,1-3H3,(H,32,35). The number of amides is 1. The number of nitrogens with one attached hydrogen (secondary N) is 1. The van der Waals surface area contributed by atoms with E-state index < -0.39 is 5.91 Å². The number of para-hydroxylation sites is 1. The van der Waals surface area contributed by atoms with Crippen LogP contribution in [0, 0.1) is 6.92 Å². The van der Waals surface area contributed by atoms with Gasteiger partial charge in [0.1, 0.15) is 5.56 Å². The molecule has 0 saturated carbocycles. The molecule has 1 N–H and O–H groups in total. The monoisotopic (exact) mass is 504 g/mol. The Hall–Kier alpha value is -3.34. The number of benzene rings is 3. The van der Waals surface area contributed by atoms with Crippen molar-refractivity contribution in [1.82, 2.24) is 4.57 Å². The zero-order valence-electron chi connectivity index (χ0n) is 19.9. The molecule has 0 aliphatic rings. The molecular weight excluding hydrogens is 479 g/mol. The van der Waals surface area contributed by atoms with E-state index in [1.807, 2.05) is 73.9 Å². The van der Waals surface area contributed by atoms with Gasteiger partial charge >= 0.3 is 0 Å². The van der Waals surface area contributed by atoms with Gasteiger partial charge in [-0.3, -0.25) is 9.59 Å². The normalized spacial score (nSPS) is 10.9. The minimum atomic E-state index is -0.476. The predicted molar refractivity (Wildman–Crippen MR) is 145 cm³/mol. The van der Waals surface area contributed by atoms with Crippen LogP contribution in [-0.4, -0.2) is 10.5 Å². The number of hydrogen-bond donors (Lipinski definition) is 1. The summed E-state index contributed by atoms with van der Waals surface area (Å²) in [4.78, 5) is 27.2. The molecule has 0 bridgehead atoms. The van der Waals surface area contributed by atoms with Gasteiger partial charge in [-0.2, -0.15) is 0 Å². The molecule has 4 aromatic rings. The number of hydrogen-bond acceptors (Lipinski definition) is 2. The Balaban J connectivity index is 2.02. The highest BCUT2D eigenvalue weighted by atomic mass is 35.5. The van der Waals surface area contributed by atoms with Crippen LogP contribution in [0.1, 0.15) is 41.0 Å². The SMILES string of the molecule is CCc1cccc(CC)c1NC(=O)c1c(-c2ccccc2Cl)n(-c2cccc(Cl)c2)c(C)cc1=O. The second-order valence-corrected chi connectivity index (χ2v) is 9.12. The predicted octanol–water partition coefficient (Wildman–Crippen LogP) is 7.50. The summed E-state index contributed by atoms with van der Waals surface area (Å²) in [6, 6.07) is 21.9. The molecule has 3 aromatic carbocycles. The van der Waals surface area contributed by atoms with Gasteiger partial charge in [-0.25, -0.2) is 0 Å². The van der Waals surface area contributed by atoms with Crippen molar-refractivity contribution in [1.29, 1.82) is 0 Å². The molecule has 0 fully saturated rings. The fourth-order valence-electron chi connectivity index (χ4n) is 4.39. The number of nitrogens with zero attached hydrogens (tertiary/aromatic N) is 1. The van der Waals surface area contributed by atoms with Crippen molar-refractivity contribution in [2.24, 2.45) is 0 Å². The highest BCUT2D eigenvalue weighted by Gasteiger charge is 2.25. The molecule has 4 nitrogen and oxygen atoms in total. The zero-order valence-corrected chi connectivity index (χ0v) is 21.4. The van der Waals surface area contributed by atoms with E-state index in [4.69, 9.17) is 23.2 Å². The van der Waals surface area contributed by atoms with Crippen LogP contribution in [-0.2, 0) is 12.8 Å². The van der Waals surface area contributed by atoms with Crippen molar-refractivity contribution >= 4 is 34.8 Å². The Morgan fingerprint density at radius 3 is 2.17 bits per heavy atom. The van der Waals surface area contributed by atoms with E-state index >= 15 is 0 Å². The minimum Gasteiger partial charge on any atom is -0.321 e. The van der Waals surface area contributed by atoms with Crippen molar-refractivity contribution in [3.8, 4) is 16.9 Å². The number of halogens is 2. The second-order valence-electron chi connectivity index (χ2n) is 8.28. The summed E-state index contributed by atoms with van der Waals surface area (Å²) < 4.78 is 1.86. The molecule has 0 atom stereocenters. The van der Waals surface area contributed by atoms with E-state index in [1.54, 1.807) is 18.2 Å². The first-order chi connectivity index (χ1) is 16.8. The molecule has 1 amide bonds. The maximum absolute atomic E-state index is 13.8. The molecule has 0 aliphatic carbocycles. The van der Waals surface area contributed by atoms with Crippen LogP contribution >= 0.6 is 23.2 Å². The third-order valence-corrected chi connectivity index (χ3v) is 6.62. The van der Waals surface area contributed by atoms with E-state index in [0.717, 1.165) is 35.3 Å². The quantitative estimate of drug-likeness (QED) is 0.295. The molecule has 4 rings (SSSR count). The van der Waals surface area contributed by atoms with Crippen molar-refractivity contribution < 1.29 is 4.79 Å². The Morgan fingerprint density at radius 1 is 0.886 bits per heavy atom. The lowest BCUT2D eigenvalue weighted by Crippen LogP contribution is -2.27. The molecule has 1 heterocycles. The summed E-state index contributed by atoms with van der Waals surface area (Å²) in [5, 5.41) is 4.03. The van der Waals surface area contributed by atoms with Gasteiger partial charge in [0.2, 0.25) is 0 Å². The third-order valence-electron chi connectivity index (χ3n) is 6.06. The molecule has 0 spiro atoms. The maximum atomic E-state index is 13.8. The van der Waals surface area contributed by atoms with E-state index in [1.165, 1.54) is 6.07 Å². The Labute approximate surface area is 215 Å². The van der Waals surface area contributed by atoms with Crippen LogP contribution in [0.15, 0.2) is 77.6 Å². The molecule has 178 valence electrons. The Kier molecular flexibility index (Phi) is 7.44. The molecule has 35 heavy (non-hydrogen) atoms. The van der Waals surface area contributed by atoms with Crippen LogP contribution in [0.3, 0.4) is 0 Å². The van der Waals surface area contributed by atoms with Crippen LogP contribution in [0.25, 0.3) is 16.9 Å². The first kappa shape index (κ1) is 24.8. The van der Waals surface area contributed by atoms with Gasteiger partial charge in [0.05, 0.1) is 5.69 Å². The first-order valence-electron chi connectivity index (χ1n) is 11.5. The maximum Gasteiger partial charge on any atom is 0.261 e. The minimum absolute atomic E-state index is 0.0247. The highest BCUT2D eigenvalue weighted by Crippen LogP contribution is 2.33. The number of aryl methyl sites for hydroxylation is 3. The van der Waals surface area contributed by atoms with Gasteiger partial charge in [-0.15, -0.1) is 0 Å². The summed E-state index contributed by atoms with van der Waals surface area (Å²) in [5.41, 5.74) is 4.82. The fraction of sp³-hybridized carbons (Fsp3) is 0.172. The van der Waals surface area contributed by atoms with Gasteiger partial charge in [-0.1, -0.05) is 79.5 Å². The average Bonchev–Trinajstić information content (AvgIpc) is 2.84. The summed E-state index contributed by atoms with van der Waals surface area (Å²) in [5.74, 6) is -0.476. The van der Waals surface area contributed by atoms with Crippen molar-refractivity contribution in [3.63, 3.8) is 0 Å². The lowest BCUT2D eigenvalue weighted by atomic mass is 10.00. The number of carbonyl (C=O) groups excluding carboxylic acids is 1. The van der Waals surface area contributed by atoms with Gasteiger partial charge in [0, 0.05) is 38.7 Å². The van der Waals surface area contributed by atoms with Crippen LogP contribution in [0.4, 0.5) is 5.69 Å². The molecule has 0 radical (unpaired) electrons. The van der Waals surface area contributed by atoms with Crippen LogP contribution < -0.4 is 10.7 Å². The molecule has 0 unspecified atom stereocenters. The summed E-state index contributed by atoms with van der Waals surface area (Å²) in [7, 11) is 0. The van der Waals surface area contributed by atoms with Gasteiger partial charge in [0.25, 0.3) is 5.91 Å². The molecule has 6 heteroatoms. The molecule has 1 aromatic heterocycles. The number of rotatable bonds is 6. The van der Waals surface area contributed by atoms with Gasteiger partial charge < -0.3 is 9.88 Å². The van der Waals surface area contributed by atoms with E-state index in [9.17, 15) is 9.59 Å². The van der Waals surface area contributed by atoms with E-state index in [-0.39, 0.29) is 11.0 Å². The lowest BCUT2D eigenvalue weighted by molar-refractivity contribution is 0.102. The van der Waals surface area contributed by atoms with Gasteiger partial charge in [0.15, 0.2) is 5.43 Å². The summed E-state index contributed by atoms with van der Waals surface area (Å²) in [6.45, 7) is 5.90. The van der Waals surface area contributed by atoms with Crippen molar-refractivity contribution in [3.05, 3.63) is 115 Å². The number of aromatic nitrogens is 1. The fourth-order valence-corrected chi connectivity index (χ4v) is 4.80. The smallest absolute Gasteiger partial charge is 0.261 e. The first-order valence-corrected chi connectivity index (χ1v) is 12.3. The number of anilines is 1. The largest absolute Gasteiger partial charge is 0.321 e. The summed E-state index contributed by atoms with van der Waals surface area (Å²) >= 11 is 12.9. The Morgan fingerprint density at radius 2 is 1.54 bits per heavy atom.